The molecule has 18 N–H and O–H groups in total. The number of likely N-dealkylation sites (N-methyl/N-ethyl adjacent to an activating group) is 4. The van der Waals surface area contributed by atoms with Crippen LogP contribution in [0.1, 0.15) is 69.9 Å². The lowest BCUT2D eigenvalue weighted by Crippen LogP contribution is -2.65. The summed E-state index contributed by atoms with van der Waals surface area (Å²) in [6.45, 7) is 7.92. The van der Waals surface area contributed by atoms with Crippen LogP contribution in [0.5, 0.6) is 17.2 Å². The van der Waals surface area contributed by atoms with Gasteiger partial charge in [-0.1, -0.05) is 5.16 Å². The van der Waals surface area contributed by atoms with Gasteiger partial charge in [-0.25, -0.2) is 0 Å². The second-order valence-corrected chi connectivity index (χ2v) is 34.0. The van der Waals surface area contributed by atoms with Crippen LogP contribution in [0, 0.1) is 35.5 Å². The van der Waals surface area contributed by atoms with E-state index in [1.165, 1.54) is 46.2 Å². The lowest BCUT2D eigenvalue weighted by atomic mass is 9.57. The second kappa shape index (κ2) is 32.4. The van der Waals surface area contributed by atoms with Gasteiger partial charge in [0.1, 0.15) is 116 Å². The molecule has 36 heteroatoms. The lowest BCUT2D eigenvalue weighted by Gasteiger charge is -2.50. The van der Waals surface area contributed by atoms with Crippen molar-refractivity contribution in [3.8, 4) is 51.2 Å². The fourth-order valence-electron chi connectivity index (χ4n) is 20.5. The van der Waals surface area contributed by atoms with Crippen LogP contribution in [0.3, 0.4) is 0 Å². The van der Waals surface area contributed by atoms with Crippen molar-refractivity contribution >= 4 is 75.9 Å². The Hall–Kier alpha value is -12.4. The van der Waals surface area contributed by atoms with E-state index in [1.54, 1.807) is 72.6 Å². The Labute approximate surface area is 708 Å². The molecule has 2 saturated heterocycles. The van der Waals surface area contributed by atoms with Crippen molar-refractivity contribution in [2.75, 3.05) is 109 Å². The highest BCUT2D eigenvalue weighted by Crippen LogP contribution is 2.58. The van der Waals surface area contributed by atoms with Crippen molar-refractivity contribution in [3.05, 3.63) is 174 Å². The highest BCUT2D eigenvalue weighted by Gasteiger charge is 2.68. The van der Waals surface area contributed by atoms with Gasteiger partial charge in [-0.05, 0) is 195 Å². The van der Waals surface area contributed by atoms with Crippen LogP contribution >= 0.6 is 0 Å². The van der Waals surface area contributed by atoms with E-state index in [-0.39, 0.29) is 89.2 Å². The van der Waals surface area contributed by atoms with Gasteiger partial charge in [-0.15, -0.1) is 0 Å². The number of ether oxygens (including phenoxy) is 1. The highest BCUT2D eigenvalue weighted by molar-refractivity contribution is 6.27. The fourth-order valence-corrected chi connectivity index (χ4v) is 20.5. The Morgan fingerprint density at radius 1 is 0.460 bits per heavy atom. The molecule has 0 bridgehead atoms. The number of nitrogens with two attached hydrogens (primary N) is 3. The van der Waals surface area contributed by atoms with Crippen LogP contribution in [0.25, 0.3) is 51.2 Å². The summed E-state index contributed by atoms with van der Waals surface area (Å²) < 4.78 is 23.7. The molecule has 3 aromatic heterocycles. The molecule has 5 fully saturated rings. The number of aliphatic hydroxyl groups excluding tert-OH is 6. The van der Waals surface area contributed by atoms with E-state index >= 15 is 0 Å². The molecular formula is C88H96N10O26. The van der Waals surface area contributed by atoms with E-state index in [2.05, 4.69) is 31.7 Å². The minimum atomic E-state index is -2.69. The van der Waals surface area contributed by atoms with E-state index in [1.807, 2.05) is 24.3 Å². The summed E-state index contributed by atoms with van der Waals surface area (Å²) in [6.07, 6.45) is 1.90. The number of aliphatic hydroxyl groups is 9. The number of oxime groups is 1. The number of phenolic OH excluding ortho intramolecular Hbond substituents is 3. The van der Waals surface area contributed by atoms with E-state index in [0.29, 0.717) is 82.7 Å². The molecule has 6 aromatic rings. The number of Topliss-reactive ketones (excluding diaryl/α,β-unsaturated/α-hetero) is 6. The number of nitrogens with zero attached hydrogens (tertiary/aromatic N) is 7. The second-order valence-electron chi connectivity index (χ2n) is 34.0. The summed E-state index contributed by atoms with van der Waals surface area (Å²) >= 11 is 0. The van der Waals surface area contributed by atoms with Crippen molar-refractivity contribution in [2.24, 2.45) is 57.9 Å². The van der Waals surface area contributed by atoms with Gasteiger partial charge in [-0.3, -0.25) is 67.7 Å². The molecule has 654 valence electrons. The molecule has 12 atom stereocenters. The monoisotopic (exact) mass is 1710 g/mol. The summed E-state index contributed by atoms with van der Waals surface area (Å²) in [5.74, 6) is -17.3. The summed E-state index contributed by atoms with van der Waals surface area (Å²) in [7, 11) is 12.8. The van der Waals surface area contributed by atoms with Gasteiger partial charge in [0.05, 0.1) is 61.1 Å². The summed E-state index contributed by atoms with van der Waals surface area (Å²) in [5, 5.41) is 138. The largest absolute Gasteiger partial charge is 0.508 e. The molecule has 1 unspecified atom stereocenters. The number of carbonyl (C=O) groups is 9. The molecule has 9 aliphatic carbocycles. The van der Waals surface area contributed by atoms with Gasteiger partial charge in [0.25, 0.3) is 17.7 Å². The van der Waals surface area contributed by atoms with E-state index in [4.69, 9.17) is 35.2 Å². The third kappa shape index (κ3) is 13.9. The van der Waals surface area contributed by atoms with Gasteiger partial charge >= 0.3 is 0 Å². The maximum atomic E-state index is 14.0. The van der Waals surface area contributed by atoms with Crippen molar-refractivity contribution in [3.63, 3.8) is 0 Å². The molecule has 36 nitrogen and oxygen atoms in total. The number of furan rings is 3. The lowest BCUT2D eigenvalue weighted by molar-refractivity contribution is -0.155. The number of hydrogen-bond donors (Lipinski definition) is 15. The normalized spacial score (nSPS) is 27.7. The van der Waals surface area contributed by atoms with Crippen molar-refractivity contribution in [2.45, 2.75) is 86.5 Å². The van der Waals surface area contributed by atoms with Gasteiger partial charge < -0.3 is 106 Å². The average molecular weight is 1710 g/mol. The minimum absolute atomic E-state index is 0.00917. The number of benzene rings is 3. The number of aromatic hydroxyl groups is 3. The Morgan fingerprint density at radius 3 is 1.09 bits per heavy atom. The van der Waals surface area contributed by atoms with Gasteiger partial charge in [0, 0.05) is 90.4 Å². The van der Waals surface area contributed by atoms with Crippen LogP contribution in [-0.4, -0.2) is 293 Å². The summed E-state index contributed by atoms with van der Waals surface area (Å²) in [4.78, 5) is 134. The number of hydrogen-bond acceptors (Lipinski definition) is 33. The zero-order valence-electron chi connectivity index (χ0n) is 69.0. The van der Waals surface area contributed by atoms with Crippen LogP contribution in [0.2, 0.25) is 0 Å². The fraction of sp³-hybridized carbons (Fsp3) is 0.409. The first-order valence-corrected chi connectivity index (χ1v) is 40.3. The smallest absolute Gasteiger partial charge is 0.255 e. The number of amides is 3. The van der Waals surface area contributed by atoms with Crippen LogP contribution in [0.15, 0.2) is 142 Å². The van der Waals surface area contributed by atoms with Gasteiger partial charge in [-0.2, -0.15) is 0 Å². The number of fused-ring (bicyclic) bond motifs is 9. The Balaban J connectivity index is 0.000000144. The maximum absolute atomic E-state index is 14.0. The standard InChI is InChI=1S/C31H36N4O8.C30H33N3O9.C27H27N3O9/c1-33(2)25-19-13-15-12-18-17(21-7-4-16(43-21)14-35-10-8-34(3)9-11-35)5-6-20(36)23(18)26(37)22(15)28(39)31(19,42)29(40)24(27(25)38)30(32)41;1-32(2)24-18-12-14-11-17-16(20-6-3-15(42-20)13-33-7-9-41-10-8-33)4-5-19(34)22(17)25(35)21(14)27(37)30(18,40)28(38)23(26(24)36)29(31)39;1-30(2)21-15-9-11-8-14-13(17-7-4-12(39-17)10-29-38-3)5-6-16(31)19(14)22(32)18(11)24(34)27(15,37)25(35)20(23(21)33)26(28)36/h4-7,15,19,25,36-37,40,42H,8-14H2,1-3H3,(H2,32,41);3-6,14,18,24,34-35,38,40H,7-13H2,1-2H3,(H2,31,39);4-7,10-11,15,21,31-32,35,37H,8-9H2,1-3H3,(H2,28,36)/b;;29-10+/t15-,19-,25+,31-;14-,18-,24-,30-;11-,15-,21?,27-/m000/s1. The molecule has 17 rings (SSSR count). The predicted octanol–water partition coefficient (Wildman–Crippen LogP) is 3.23. The summed E-state index contributed by atoms with van der Waals surface area (Å²) in [6, 6.07) is 16.5. The number of ketones is 6. The van der Waals surface area contributed by atoms with Crippen molar-refractivity contribution in [1.29, 1.82) is 0 Å². The molecule has 0 radical (unpaired) electrons. The van der Waals surface area contributed by atoms with Gasteiger partial charge in [0.2, 0.25) is 17.3 Å². The molecule has 3 saturated carbocycles. The average Bonchev–Trinajstić information content (AvgIpc) is 0.756. The van der Waals surface area contributed by atoms with Crippen LogP contribution < -0.4 is 17.2 Å². The molecule has 3 amide bonds. The number of carbonyl (C=O) groups excluding carboxylic acids is 9. The van der Waals surface area contributed by atoms with Crippen molar-refractivity contribution in [1.82, 2.24) is 29.4 Å². The van der Waals surface area contributed by atoms with Gasteiger partial charge in [0.15, 0.2) is 34.2 Å². The molecule has 2 aliphatic heterocycles. The van der Waals surface area contributed by atoms with E-state index < -0.39 is 174 Å². The molecule has 0 spiro atoms. The Bertz CT molecular complexity index is 5780. The van der Waals surface area contributed by atoms with Crippen molar-refractivity contribution < 1.29 is 127 Å². The molecule has 124 heavy (non-hydrogen) atoms. The number of rotatable bonds is 15. The molecule has 3 aromatic carbocycles. The van der Waals surface area contributed by atoms with E-state index in [9.17, 15) is 104 Å². The maximum Gasteiger partial charge on any atom is 0.255 e. The Kier molecular flexibility index (Phi) is 22.6. The number of phenols is 3. The highest BCUT2D eigenvalue weighted by atomic mass is 16.6. The SMILES string of the molecule is CN(C)[C@@H]1C(=O)C(C(N)=O)=C(O)[C@@]2(O)C(=O)C3=C(O)c4c(O)ccc(-c5ccc(CN6CCOCC6)o5)c4C[C@H]3C[C@@H]12.CN1CCN(Cc2ccc(-c3ccc(O)c4c3C[C@H]3C[C@H]5[C@@H](N(C)C)C(=O)C(C(N)=O)=C(O)[C@@]5(O)C(=O)C3=C4O)o2)CC1.CO/N=C/c1ccc(-c2ccc(O)c3c2C[C@H]2C[C@H]4C(N(C)C)C(=O)C(C(N)=O)=C(O)[C@@]4(O)C(=O)C2=C3O)o1. The zero-order chi connectivity index (χ0) is 89.4. The minimum Gasteiger partial charge on any atom is -0.508 e. The predicted molar refractivity (Wildman–Crippen MR) is 439 cm³/mol. The first kappa shape index (κ1) is 86.6. The van der Waals surface area contributed by atoms with Crippen LogP contribution in [0.4, 0.5) is 0 Å². The zero-order valence-corrected chi connectivity index (χ0v) is 69.0. The molecule has 5 heterocycles. The quantitative estimate of drug-likeness (QED) is 0.0398. The Morgan fingerprint density at radius 2 is 0.774 bits per heavy atom. The number of primary amides is 3. The topological polar surface area (TPSA) is 564 Å². The third-order valence-corrected chi connectivity index (χ3v) is 26.3. The third-order valence-electron chi connectivity index (χ3n) is 26.3. The number of morpholine rings is 1. The first-order chi connectivity index (χ1) is 58.7. The van der Waals surface area contributed by atoms with E-state index in [0.717, 1.165) is 50.8 Å². The molecule has 11 aliphatic rings. The first-order valence-electron chi connectivity index (χ1n) is 40.3. The van der Waals surface area contributed by atoms with Crippen LogP contribution in [-0.2, 0) is 85.1 Å². The summed E-state index contributed by atoms with van der Waals surface area (Å²) in [5.41, 5.74) is 8.38. The number of piperazine rings is 1. The molecular weight excluding hydrogens is 1610 g/mol.